The Morgan fingerprint density at radius 1 is 1.03 bits per heavy atom. The van der Waals surface area contributed by atoms with Crippen molar-refractivity contribution >= 4 is 27.8 Å². The first-order valence-electron chi connectivity index (χ1n) is 8.80. The number of carbonyl (C=O) groups excluding carboxylic acids is 1. The van der Waals surface area contributed by atoms with Crippen molar-refractivity contribution in [2.24, 2.45) is 0 Å². The summed E-state index contributed by atoms with van der Waals surface area (Å²) in [6, 6.07) is 20.3. The van der Waals surface area contributed by atoms with Crippen LogP contribution in [0.2, 0.25) is 0 Å². The van der Waals surface area contributed by atoms with Gasteiger partial charge in [0.05, 0.1) is 4.47 Å². The van der Waals surface area contributed by atoms with E-state index in [-0.39, 0.29) is 11.9 Å². The molecular formula is C21H16BrN5O2. The average Bonchev–Trinajstić information content (AvgIpc) is 3.23. The predicted octanol–water partition coefficient (Wildman–Crippen LogP) is 4.46. The van der Waals surface area contributed by atoms with E-state index in [4.69, 9.17) is 4.74 Å². The fourth-order valence-electron chi connectivity index (χ4n) is 2.58. The van der Waals surface area contributed by atoms with E-state index in [1.54, 1.807) is 24.4 Å². The first kappa shape index (κ1) is 18.8. The summed E-state index contributed by atoms with van der Waals surface area (Å²) < 4.78 is 6.68. The fraction of sp³-hybridized carbons (Fsp3) is 0.0476. The van der Waals surface area contributed by atoms with E-state index in [2.05, 4.69) is 41.4 Å². The van der Waals surface area contributed by atoms with Crippen LogP contribution < -0.4 is 10.1 Å². The molecule has 0 aliphatic heterocycles. The van der Waals surface area contributed by atoms with Crippen molar-refractivity contribution in [2.45, 2.75) is 6.61 Å². The van der Waals surface area contributed by atoms with Gasteiger partial charge < -0.3 is 4.74 Å². The number of ether oxygens (including phenoxy) is 1. The van der Waals surface area contributed by atoms with Gasteiger partial charge in [-0.3, -0.25) is 20.2 Å². The third-order valence-electron chi connectivity index (χ3n) is 4.07. The zero-order valence-electron chi connectivity index (χ0n) is 15.2. The highest BCUT2D eigenvalue weighted by molar-refractivity contribution is 9.10. The summed E-state index contributed by atoms with van der Waals surface area (Å²) in [4.78, 5) is 20.9. The molecule has 2 N–H and O–H groups in total. The van der Waals surface area contributed by atoms with Crippen LogP contribution in [0.5, 0.6) is 5.75 Å². The van der Waals surface area contributed by atoms with Gasteiger partial charge in [-0.05, 0) is 57.9 Å². The molecule has 4 rings (SSSR count). The number of halogens is 1. The Kier molecular flexibility index (Phi) is 5.62. The van der Waals surface area contributed by atoms with Crippen LogP contribution in [0.3, 0.4) is 0 Å². The van der Waals surface area contributed by atoms with Gasteiger partial charge in [0.1, 0.15) is 18.1 Å². The number of H-pyrrole nitrogens is 1. The molecule has 29 heavy (non-hydrogen) atoms. The largest absolute Gasteiger partial charge is 0.488 e. The van der Waals surface area contributed by atoms with Gasteiger partial charge in [-0.15, -0.1) is 5.10 Å². The number of nitrogens with zero attached hydrogens (tertiary/aromatic N) is 3. The number of hydrogen-bond acceptors (Lipinski definition) is 5. The third kappa shape index (κ3) is 4.67. The molecule has 0 spiro atoms. The number of aromatic nitrogens is 4. The van der Waals surface area contributed by atoms with E-state index >= 15 is 0 Å². The number of anilines is 1. The Labute approximate surface area is 175 Å². The molecule has 0 saturated heterocycles. The van der Waals surface area contributed by atoms with Crippen molar-refractivity contribution < 1.29 is 9.53 Å². The minimum absolute atomic E-state index is 0.192. The monoisotopic (exact) mass is 449 g/mol. The molecule has 2 heterocycles. The molecule has 1 amide bonds. The number of rotatable bonds is 6. The van der Waals surface area contributed by atoms with E-state index < -0.39 is 0 Å². The summed E-state index contributed by atoms with van der Waals surface area (Å²) in [5, 5.41) is 9.46. The van der Waals surface area contributed by atoms with Crippen molar-refractivity contribution in [1.82, 2.24) is 20.2 Å². The van der Waals surface area contributed by atoms with Gasteiger partial charge in [0.2, 0.25) is 5.95 Å². The third-order valence-corrected chi connectivity index (χ3v) is 4.72. The van der Waals surface area contributed by atoms with Crippen molar-refractivity contribution in [3.8, 4) is 17.3 Å². The van der Waals surface area contributed by atoms with E-state index in [0.29, 0.717) is 23.7 Å². The number of benzene rings is 2. The van der Waals surface area contributed by atoms with Crippen LogP contribution in [0.25, 0.3) is 11.5 Å². The average molecular weight is 450 g/mol. The second-order valence-corrected chi connectivity index (χ2v) is 6.95. The van der Waals surface area contributed by atoms with E-state index in [1.807, 2.05) is 48.5 Å². The molecule has 2 aromatic carbocycles. The smallest absolute Gasteiger partial charge is 0.258 e. The maximum absolute atomic E-state index is 12.4. The lowest BCUT2D eigenvalue weighted by Gasteiger charge is -2.08. The minimum Gasteiger partial charge on any atom is -0.488 e. The highest BCUT2D eigenvalue weighted by Gasteiger charge is 2.11. The summed E-state index contributed by atoms with van der Waals surface area (Å²) in [7, 11) is 0. The number of nitrogens with one attached hydrogen (secondary N) is 2. The van der Waals surface area contributed by atoms with Crippen LogP contribution >= 0.6 is 15.9 Å². The lowest BCUT2D eigenvalue weighted by Crippen LogP contribution is -2.13. The van der Waals surface area contributed by atoms with Crippen LogP contribution in [0, 0.1) is 0 Å². The molecule has 8 heteroatoms. The Balaban J connectivity index is 1.37. The molecule has 0 unspecified atom stereocenters. The Bertz CT molecular complexity index is 1110. The molecule has 0 fully saturated rings. The number of amides is 1. The standard InChI is InChI=1S/C21H16BrN5O2/c22-16-5-1-2-7-18(16)29-13-14-8-10-15(11-9-14)20(28)25-21-24-19(26-27-21)17-6-3-4-12-23-17/h1-12H,13H2,(H2,24,25,26,27,28). The summed E-state index contributed by atoms with van der Waals surface area (Å²) in [5.74, 6) is 1.15. The maximum atomic E-state index is 12.4. The zero-order chi connectivity index (χ0) is 20.1. The molecule has 2 aromatic heterocycles. The van der Waals surface area contributed by atoms with E-state index in [0.717, 1.165) is 15.8 Å². The molecule has 0 aliphatic carbocycles. The van der Waals surface area contributed by atoms with E-state index in [9.17, 15) is 4.79 Å². The van der Waals surface area contributed by atoms with Crippen LogP contribution in [-0.4, -0.2) is 26.1 Å². The van der Waals surface area contributed by atoms with Gasteiger partial charge in [-0.25, -0.2) is 0 Å². The summed E-state index contributed by atoms with van der Waals surface area (Å²) >= 11 is 3.45. The van der Waals surface area contributed by atoms with E-state index in [1.165, 1.54) is 0 Å². The van der Waals surface area contributed by atoms with Gasteiger partial charge in [0.25, 0.3) is 5.91 Å². The number of para-hydroxylation sites is 1. The highest BCUT2D eigenvalue weighted by Crippen LogP contribution is 2.24. The van der Waals surface area contributed by atoms with Gasteiger partial charge >= 0.3 is 0 Å². The summed E-state index contributed by atoms with van der Waals surface area (Å²) in [6.45, 7) is 0.402. The number of pyridine rings is 1. The second-order valence-electron chi connectivity index (χ2n) is 6.09. The van der Waals surface area contributed by atoms with Gasteiger partial charge in [0.15, 0.2) is 5.82 Å². The molecule has 144 valence electrons. The zero-order valence-corrected chi connectivity index (χ0v) is 16.8. The van der Waals surface area contributed by atoms with Crippen molar-refractivity contribution in [3.63, 3.8) is 0 Å². The summed E-state index contributed by atoms with van der Waals surface area (Å²) in [6.07, 6.45) is 1.66. The minimum atomic E-state index is -0.296. The topological polar surface area (TPSA) is 92.8 Å². The first-order valence-corrected chi connectivity index (χ1v) is 9.60. The van der Waals surface area contributed by atoms with Gasteiger partial charge in [-0.1, -0.05) is 30.3 Å². The van der Waals surface area contributed by atoms with Crippen molar-refractivity contribution in [2.75, 3.05) is 5.32 Å². The van der Waals surface area contributed by atoms with Crippen LogP contribution in [0.15, 0.2) is 77.4 Å². The summed E-state index contributed by atoms with van der Waals surface area (Å²) in [5.41, 5.74) is 2.10. The normalized spacial score (nSPS) is 10.5. The Morgan fingerprint density at radius 3 is 2.59 bits per heavy atom. The molecule has 4 aromatic rings. The molecule has 0 saturated carbocycles. The number of hydrogen-bond donors (Lipinski definition) is 2. The van der Waals surface area contributed by atoms with Crippen LogP contribution in [0.4, 0.5) is 5.95 Å². The second kappa shape index (κ2) is 8.66. The predicted molar refractivity (Wildman–Crippen MR) is 112 cm³/mol. The fourth-order valence-corrected chi connectivity index (χ4v) is 2.98. The molecule has 7 nitrogen and oxygen atoms in total. The highest BCUT2D eigenvalue weighted by atomic mass is 79.9. The molecule has 0 radical (unpaired) electrons. The molecule has 0 atom stereocenters. The van der Waals surface area contributed by atoms with Crippen LogP contribution in [-0.2, 0) is 6.61 Å². The lowest BCUT2D eigenvalue weighted by atomic mass is 10.1. The van der Waals surface area contributed by atoms with Crippen molar-refractivity contribution in [3.05, 3.63) is 88.5 Å². The Hall–Kier alpha value is -3.52. The number of carbonyl (C=O) groups is 1. The number of aromatic amines is 1. The molecule has 0 aliphatic rings. The first-order chi connectivity index (χ1) is 14.2. The van der Waals surface area contributed by atoms with Gasteiger partial charge in [0, 0.05) is 11.8 Å². The molecular weight excluding hydrogens is 434 g/mol. The van der Waals surface area contributed by atoms with Crippen LogP contribution in [0.1, 0.15) is 15.9 Å². The maximum Gasteiger partial charge on any atom is 0.258 e. The van der Waals surface area contributed by atoms with Crippen molar-refractivity contribution in [1.29, 1.82) is 0 Å². The molecule has 0 bridgehead atoms. The van der Waals surface area contributed by atoms with Gasteiger partial charge in [-0.2, -0.15) is 4.98 Å². The SMILES string of the molecule is O=C(Nc1n[nH]c(-c2ccccn2)n1)c1ccc(COc2ccccc2Br)cc1. The quantitative estimate of drug-likeness (QED) is 0.453. The lowest BCUT2D eigenvalue weighted by molar-refractivity contribution is 0.102. The Morgan fingerprint density at radius 2 is 1.83 bits per heavy atom.